The molecule has 1 aliphatic heterocycles. The third-order valence-corrected chi connectivity index (χ3v) is 5.15. The van der Waals surface area contributed by atoms with Gasteiger partial charge >= 0.3 is 0 Å². The molecule has 0 saturated carbocycles. The minimum atomic E-state index is -0.541. The Kier molecular flexibility index (Phi) is 5.38. The second-order valence-electron chi connectivity index (χ2n) is 6.97. The SMILES string of the molecule is Cc1cccnc1CN1CCN(C(=O)[C@H](c2ccccc2)n2cnnn2)CC1. The van der Waals surface area contributed by atoms with Crippen LogP contribution >= 0.6 is 0 Å². The Balaban J connectivity index is 1.44. The molecule has 0 aliphatic carbocycles. The lowest BCUT2D eigenvalue weighted by atomic mass is 10.1. The van der Waals surface area contributed by atoms with Gasteiger partial charge < -0.3 is 4.90 Å². The number of hydrogen-bond acceptors (Lipinski definition) is 6. The van der Waals surface area contributed by atoms with Gasteiger partial charge in [-0.15, -0.1) is 5.10 Å². The summed E-state index contributed by atoms with van der Waals surface area (Å²) in [5.74, 6) is 0.0205. The van der Waals surface area contributed by atoms with Gasteiger partial charge in [-0.05, 0) is 34.5 Å². The molecule has 1 aliphatic rings. The van der Waals surface area contributed by atoms with Gasteiger partial charge in [0, 0.05) is 38.9 Å². The normalized spacial score (nSPS) is 16.1. The van der Waals surface area contributed by atoms with Crippen LogP contribution in [0, 0.1) is 6.92 Å². The standard InChI is InChI=1S/C20H23N7O/c1-16-6-5-9-21-18(16)14-25-10-12-26(13-11-25)20(28)19(27-15-22-23-24-27)17-7-3-2-4-8-17/h2-9,15,19H,10-14H2,1H3/t19-/m0/s1. The Morgan fingerprint density at radius 1 is 1.07 bits per heavy atom. The largest absolute Gasteiger partial charge is 0.338 e. The van der Waals surface area contributed by atoms with Crippen molar-refractivity contribution < 1.29 is 4.79 Å². The third kappa shape index (κ3) is 3.91. The predicted molar refractivity (Wildman–Crippen MR) is 103 cm³/mol. The number of aromatic nitrogens is 5. The molecule has 0 N–H and O–H groups in total. The molecule has 3 aromatic rings. The van der Waals surface area contributed by atoms with Crippen LogP contribution in [0.1, 0.15) is 22.9 Å². The first kappa shape index (κ1) is 18.2. The molecular formula is C20H23N7O. The van der Waals surface area contributed by atoms with Crippen molar-refractivity contribution in [2.24, 2.45) is 0 Å². The number of pyridine rings is 1. The highest BCUT2D eigenvalue weighted by atomic mass is 16.2. The van der Waals surface area contributed by atoms with Gasteiger partial charge in [0.2, 0.25) is 0 Å². The van der Waals surface area contributed by atoms with Gasteiger partial charge in [0.15, 0.2) is 6.04 Å². The number of piperazine rings is 1. The smallest absolute Gasteiger partial charge is 0.252 e. The van der Waals surface area contributed by atoms with Crippen molar-refractivity contribution in [2.45, 2.75) is 19.5 Å². The van der Waals surface area contributed by atoms with Crippen LogP contribution in [0.4, 0.5) is 0 Å². The zero-order valence-corrected chi connectivity index (χ0v) is 15.8. The van der Waals surface area contributed by atoms with Gasteiger partial charge in [-0.2, -0.15) is 0 Å². The van der Waals surface area contributed by atoms with E-state index in [1.165, 1.54) is 16.6 Å². The van der Waals surface area contributed by atoms with Gasteiger partial charge in [-0.25, -0.2) is 4.68 Å². The number of carbonyl (C=O) groups is 1. The average Bonchev–Trinajstić information content (AvgIpc) is 3.25. The molecular weight excluding hydrogens is 354 g/mol. The first-order valence-corrected chi connectivity index (χ1v) is 9.41. The summed E-state index contributed by atoms with van der Waals surface area (Å²) in [7, 11) is 0. The van der Waals surface area contributed by atoms with E-state index in [9.17, 15) is 4.79 Å². The van der Waals surface area contributed by atoms with Crippen molar-refractivity contribution in [3.8, 4) is 0 Å². The molecule has 1 amide bonds. The molecule has 1 atom stereocenters. The molecule has 1 aromatic carbocycles. The molecule has 0 radical (unpaired) electrons. The molecule has 3 heterocycles. The van der Waals surface area contributed by atoms with E-state index in [4.69, 9.17) is 0 Å². The lowest BCUT2D eigenvalue weighted by Crippen LogP contribution is -2.50. The van der Waals surface area contributed by atoms with E-state index in [0.29, 0.717) is 13.1 Å². The van der Waals surface area contributed by atoms with Crippen molar-refractivity contribution in [3.05, 3.63) is 71.8 Å². The second-order valence-corrected chi connectivity index (χ2v) is 6.97. The highest BCUT2D eigenvalue weighted by Gasteiger charge is 2.30. The minimum absolute atomic E-state index is 0.0205. The summed E-state index contributed by atoms with van der Waals surface area (Å²) in [5, 5.41) is 11.4. The highest BCUT2D eigenvalue weighted by molar-refractivity contribution is 5.83. The maximum atomic E-state index is 13.3. The number of rotatable bonds is 5. The molecule has 2 aromatic heterocycles. The fraction of sp³-hybridized carbons (Fsp3) is 0.350. The number of hydrogen-bond donors (Lipinski definition) is 0. The maximum absolute atomic E-state index is 13.3. The van der Waals surface area contributed by atoms with Gasteiger partial charge in [-0.1, -0.05) is 36.4 Å². The molecule has 0 bridgehead atoms. The third-order valence-electron chi connectivity index (χ3n) is 5.15. The van der Waals surface area contributed by atoms with Crippen LogP contribution in [-0.2, 0) is 11.3 Å². The number of benzene rings is 1. The van der Waals surface area contributed by atoms with Crippen LogP contribution in [0.25, 0.3) is 0 Å². The first-order chi connectivity index (χ1) is 13.7. The van der Waals surface area contributed by atoms with Crippen LogP contribution in [-0.4, -0.2) is 67.1 Å². The lowest BCUT2D eigenvalue weighted by Gasteiger charge is -2.36. The molecule has 8 nitrogen and oxygen atoms in total. The van der Waals surface area contributed by atoms with E-state index in [1.54, 1.807) is 0 Å². The van der Waals surface area contributed by atoms with E-state index in [0.717, 1.165) is 30.9 Å². The van der Waals surface area contributed by atoms with Gasteiger partial charge in [-0.3, -0.25) is 14.7 Å². The summed E-state index contributed by atoms with van der Waals surface area (Å²) < 4.78 is 1.53. The summed E-state index contributed by atoms with van der Waals surface area (Å²) in [6, 6.07) is 13.1. The Bertz CT molecular complexity index is 905. The fourth-order valence-electron chi connectivity index (χ4n) is 3.53. The maximum Gasteiger partial charge on any atom is 0.252 e. The minimum Gasteiger partial charge on any atom is -0.338 e. The van der Waals surface area contributed by atoms with Crippen molar-refractivity contribution >= 4 is 5.91 Å². The van der Waals surface area contributed by atoms with E-state index in [-0.39, 0.29) is 5.91 Å². The van der Waals surface area contributed by atoms with E-state index < -0.39 is 6.04 Å². The second kappa shape index (κ2) is 8.26. The molecule has 1 saturated heterocycles. The van der Waals surface area contributed by atoms with Crippen LogP contribution in [0.15, 0.2) is 55.0 Å². The van der Waals surface area contributed by atoms with Crippen molar-refractivity contribution in [2.75, 3.05) is 26.2 Å². The number of carbonyl (C=O) groups excluding carboxylic acids is 1. The molecule has 144 valence electrons. The molecule has 1 fully saturated rings. The number of nitrogens with zero attached hydrogens (tertiary/aromatic N) is 7. The number of amides is 1. The highest BCUT2D eigenvalue weighted by Crippen LogP contribution is 2.21. The van der Waals surface area contributed by atoms with Crippen molar-refractivity contribution in [1.29, 1.82) is 0 Å². The molecule has 0 unspecified atom stereocenters. The lowest BCUT2D eigenvalue weighted by molar-refractivity contribution is -0.135. The summed E-state index contributed by atoms with van der Waals surface area (Å²) in [6.45, 7) is 5.88. The summed E-state index contributed by atoms with van der Waals surface area (Å²) >= 11 is 0. The molecule has 28 heavy (non-hydrogen) atoms. The zero-order chi connectivity index (χ0) is 19.3. The molecule has 8 heteroatoms. The van der Waals surface area contributed by atoms with Crippen LogP contribution in [0.3, 0.4) is 0 Å². The predicted octanol–water partition coefficient (Wildman–Crippen LogP) is 1.31. The van der Waals surface area contributed by atoms with Crippen LogP contribution < -0.4 is 0 Å². The summed E-state index contributed by atoms with van der Waals surface area (Å²) in [4.78, 5) is 22.0. The van der Waals surface area contributed by atoms with Crippen molar-refractivity contribution in [1.82, 2.24) is 35.0 Å². The number of tetrazole rings is 1. The topological polar surface area (TPSA) is 80.0 Å². The number of aryl methyl sites for hydroxylation is 1. The first-order valence-electron chi connectivity index (χ1n) is 9.41. The van der Waals surface area contributed by atoms with E-state index >= 15 is 0 Å². The van der Waals surface area contributed by atoms with Crippen LogP contribution in [0.5, 0.6) is 0 Å². The average molecular weight is 377 g/mol. The molecule has 0 spiro atoms. The van der Waals surface area contributed by atoms with E-state index in [2.05, 4.69) is 38.4 Å². The van der Waals surface area contributed by atoms with Gasteiger partial charge in [0.05, 0.1) is 5.69 Å². The van der Waals surface area contributed by atoms with Crippen molar-refractivity contribution in [3.63, 3.8) is 0 Å². The summed E-state index contributed by atoms with van der Waals surface area (Å²) in [6.07, 6.45) is 3.33. The Labute approximate surface area is 163 Å². The van der Waals surface area contributed by atoms with Crippen LogP contribution in [0.2, 0.25) is 0 Å². The Hall–Kier alpha value is -3.13. The monoisotopic (exact) mass is 377 g/mol. The van der Waals surface area contributed by atoms with E-state index in [1.807, 2.05) is 47.5 Å². The molecule has 4 rings (SSSR count). The Morgan fingerprint density at radius 3 is 2.54 bits per heavy atom. The summed E-state index contributed by atoms with van der Waals surface area (Å²) in [5.41, 5.74) is 3.17. The van der Waals surface area contributed by atoms with Gasteiger partial charge in [0.25, 0.3) is 5.91 Å². The fourth-order valence-corrected chi connectivity index (χ4v) is 3.53. The Morgan fingerprint density at radius 2 is 1.86 bits per heavy atom. The zero-order valence-electron chi connectivity index (χ0n) is 15.8. The quantitative estimate of drug-likeness (QED) is 0.667. The van der Waals surface area contributed by atoms with Gasteiger partial charge in [0.1, 0.15) is 6.33 Å².